The molecule has 1 N–H and O–H groups in total. The number of carbonyl (C=O) groups excluding carboxylic acids is 2. The molecule has 35 heavy (non-hydrogen) atoms. The molecule has 2 heterocycles. The second-order valence-corrected chi connectivity index (χ2v) is 8.35. The molecule has 0 aliphatic rings. The zero-order valence-electron chi connectivity index (χ0n) is 18.7. The molecule has 0 bridgehead atoms. The molecule has 11 heteroatoms. The van der Waals surface area contributed by atoms with Crippen molar-refractivity contribution in [1.29, 1.82) is 0 Å². The number of hydrogen-bond acceptors (Lipinski definition) is 8. The Kier molecular flexibility index (Phi) is 7.58. The van der Waals surface area contributed by atoms with Gasteiger partial charge in [0.25, 0.3) is 11.5 Å². The van der Waals surface area contributed by atoms with E-state index in [1.807, 2.05) is 6.92 Å². The van der Waals surface area contributed by atoms with Crippen LogP contribution < -0.4 is 10.9 Å². The Morgan fingerprint density at radius 3 is 2.77 bits per heavy atom. The van der Waals surface area contributed by atoms with Gasteiger partial charge in [-0.1, -0.05) is 29.5 Å². The van der Waals surface area contributed by atoms with Crippen molar-refractivity contribution in [3.8, 4) is 0 Å². The van der Waals surface area contributed by atoms with E-state index in [-0.39, 0.29) is 34.7 Å². The maximum absolute atomic E-state index is 13.4. The number of amides is 1. The highest BCUT2D eigenvalue weighted by Gasteiger charge is 2.17. The normalized spacial score (nSPS) is 10.9. The summed E-state index contributed by atoms with van der Waals surface area (Å²) in [7, 11) is 0. The van der Waals surface area contributed by atoms with E-state index < -0.39 is 17.7 Å². The summed E-state index contributed by atoms with van der Waals surface area (Å²) in [6.07, 6.45) is 0.559. The number of anilines is 1. The lowest BCUT2D eigenvalue weighted by atomic mass is 10.1. The van der Waals surface area contributed by atoms with Gasteiger partial charge in [0.15, 0.2) is 0 Å². The second-order valence-electron chi connectivity index (χ2n) is 7.31. The number of esters is 1. The summed E-state index contributed by atoms with van der Waals surface area (Å²) < 4.78 is 25.3. The second kappa shape index (κ2) is 11.0. The van der Waals surface area contributed by atoms with Crippen LogP contribution in [0.3, 0.4) is 0 Å². The average Bonchev–Trinajstić information content (AvgIpc) is 3.26. The summed E-state index contributed by atoms with van der Waals surface area (Å²) in [5.74, 6) is -1.84. The highest BCUT2D eigenvalue weighted by Crippen LogP contribution is 2.19. The van der Waals surface area contributed by atoms with Gasteiger partial charge in [-0.25, -0.2) is 14.2 Å². The molecule has 2 aromatic carbocycles. The summed E-state index contributed by atoms with van der Waals surface area (Å²) >= 11 is 1.26. The molecule has 0 aliphatic carbocycles. The first kappa shape index (κ1) is 24.2. The fraction of sp³-hybridized carbons (Fsp3) is 0.208. The summed E-state index contributed by atoms with van der Waals surface area (Å²) in [4.78, 5) is 42.4. The van der Waals surface area contributed by atoms with Crippen molar-refractivity contribution in [3.05, 3.63) is 92.6 Å². The Morgan fingerprint density at radius 2 is 1.97 bits per heavy atom. The third-order valence-corrected chi connectivity index (χ3v) is 5.81. The van der Waals surface area contributed by atoms with E-state index in [9.17, 15) is 18.8 Å². The Hall–Kier alpha value is -3.96. The lowest BCUT2D eigenvalue weighted by Gasteiger charge is -2.11. The Labute approximate surface area is 203 Å². The van der Waals surface area contributed by atoms with Crippen LogP contribution in [-0.2, 0) is 22.5 Å². The van der Waals surface area contributed by atoms with Crippen molar-refractivity contribution in [2.45, 2.75) is 20.0 Å². The molecular weight excluding hydrogens is 475 g/mol. The molecule has 9 nitrogen and oxygen atoms in total. The zero-order valence-corrected chi connectivity index (χ0v) is 19.5. The predicted molar refractivity (Wildman–Crippen MR) is 127 cm³/mol. The third kappa shape index (κ3) is 5.94. The molecule has 4 rings (SSSR count). The number of hydrogen-bond donors (Lipinski definition) is 1. The van der Waals surface area contributed by atoms with Crippen molar-refractivity contribution in [2.75, 3.05) is 18.5 Å². The van der Waals surface area contributed by atoms with E-state index >= 15 is 0 Å². The molecule has 0 aliphatic heterocycles. The molecule has 0 atom stereocenters. The van der Waals surface area contributed by atoms with Gasteiger partial charge in [-0.3, -0.25) is 9.59 Å². The van der Waals surface area contributed by atoms with Crippen LogP contribution in [0.5, 0.6) is 0 Å². The minimum atomic E-state index is -0.719. The lowest BCUT2D eigenvalue weighted by molar-refractivity contribution is 0.0469. The summed E-state index contributed by atoms with van der Waals surface area (Å²) in [6.45, 7) is 2.73. The van der Waals surface area contributed by atoms with Crippen molar-refractivity contribution < 1.29 is 23.5 Å². The quantitative estimate of drug-likeness (QED) is 0.279. The Bertz CT molecular complexity index is 1430. The van der Waals surface area contributed by atoms with Crippen molar-refractivity contribution in [1.82, 2.24) is 14.6 Å². The average molecular weight is 497 g/mol. The lowest BCUT2D eigenvalue weighted by Crippen LogP contribution is -2.18. The molecule has 0 saturated heterocycles. The Morgan fingerprint density at radius 1 is 1.14 bits per heavy atom. The van der Waals surface area contributed by atoms with Gasteiger partial charge < -0.3 is 14.8 Å². The fourth-order valence-electron chi connectivity index (χ4n) is 3.19. The van der Waals surface area contributed by atoms with Crippen LogP contribution in [0.25, 0.3) is 4.96 Å². The van der Waals surface area contributed by atoms with Gasteiger partial charge in [-0.2, -0.15) is 9.61 Å². The van der Waals surface area contributed by atoms with Gasteiger partial charge in [0, 0.05) is 24.7 Å². The smallest absolute Gasteiger partial charge is 0.340 e. The summed E-state index contributed by atoms with van der Waals surface area (Å²) in [5, 5.41) is 7.55. The standard InChI is InChI=1S/C24H21FN4O5S/c1-2-33-11-10-20-28-29-21(30)13-17(26-24(29)35-20)14-34-23(32)18-8-3-4-9-19(18)27-22(31)15-6-5-7-16(25)12-15/h3-9,12-13H,2,10-11,14H2,1H3,(H,27,31). The largest absolute Gasteiger partial charge is 0.456 e. The number of nitrogens with zero attached hydrogens (tertiary/aromatic N) is 3. The van der Waals surface area contributed by atoms with Crippen LogP contribution in [-0.4, -0.2) is 39.7 Å². The Balaban J connectivity index is 1.46. The molecule has 0 radical (unpaired) electrons. The number of carbonyl (C=O) groups is 2. The summed E-state index contributed by atoms with van der Waals surface area (Å²) in [6, 6.07) is 12.7. The predicted octanol–water partition coefficient (Wildman–Crippen LogP) is 3.48. The van der Waals surface area contributed by atoms with Gasteiger partial charge in [0.2, 0.25) is 4.96 Å². The van der Waals surface area contributed by atoms with Crippen LogP contribution in [0.4, 0.5) is 10.1 Å². The first-order chi connectivity index (χ1) is 16.9. The molecule has 2 aromatic heterocycles. The molecule has 4 aromatic rings. The van der Waals surface area contributed by atoms with E-state index in [2.05, 4.69) is 15.4 Å². The van der Waals surface area contributed by atoms with Gasteiger partial charge in [-0.05, 0) is 37.3 Å². The number of para-hydroxylation sites is 1. The maximum atomic E-state index is 13.4. The van der Waals surface area contributed by atoms with Gasteiger partial charge in [0.1, 0.15) is 17.4 Å². The maximum Gasteiger partial charge on any atom is 0.340 e. The monoisotopic (exact) mass is 496 g/mol. The van der Waals surface area contributed by atoms with E-state index in [0.29, 0.717) is 29.6 Å². The number of rotatable bonds is 9. The molecular formula is C24H21FN4O5S. The van der Waals surface area contributed by atoms with Crippen LogP contribution in [0.2, 0.25) is 0 Å². The molecule has 1 amide bonds. The first-order valence-corrected chi connectivity index (χ1v) is 11.6. The number of ether oxygens (including phenoxy) is 2. The molecule has 0 fully saturated rings. The van der Waals surface area contributed by atoms with E-state index in [4.69, 9.17) is 9.47 Å². The van der Waals surface area contributed by atoms with Crippen molar-refractivity contribution >= 4 is 33.9 Å². The highest BCUT2D eigenvalue weighted by atomic mass is 32.1. The first-order valence-electron chi connectivity index (χ1n) is 10.7. The number of benzene rings is 2. The summed E-state index contributed by atoms with van der Waals surface area (Å²) in [5.41, 5.74) is 0.298. The molecule has 0 unspecified atom stereocenters. The number of aromatic nitrogens is 3. The van der Waals surface area contributed by atoms with Crippen LogP contribution in [0.1, 0.15) is 38.3 Å². The van der Waals surface area contributed by atoms with Crippen molar-refractivity contribution in [2.24, 2.45) is 0 Å². The van der Waals surface area contributed by atoms with Crippen molar-refractivity contribution in [3.63, 3.8) is 0 Å². The van der Waals surface area contributed by atoms with Gasteiger partial charge in [-0.15, -0.1) is 0 Å². The topological polar surface area (TPSA) is 112 Å². The molecule has 180 valence electrons. The van der Waals surface area contributed by atoms with Crippen LogP contribution >= 0.6 is 11.3 Å². The van der Waals surface area contributed by atoms with E-state index in [1.165, 1.54) is 52.3 Å². The zero-order chi connectivity index (χ0) is 24.8. The van der Waals surface area contributed by atoms with Gasteiger partial charge in [0.05, 0.1) is 23.6 Å². The third-order valence-electron chi connectivity index (χ3n) is 4.84. The molecule has 0 saturated carbocycles. The SMILES string of the molecule is CCOCCc1nn2c(=O)cc(COC(=O)c3ccccc3NC(=O)c3cccc(F)c3)nc2s1. The fourth-order valence-corrected chi connectivity index (χ4v) is 4.08. The van der Waals surface area contributed by atoms with Gasteiger partial charge >= 0.3 is 5.97 Å². The number of halogens is 1. The van der Waals surface area contributed by atoms with E-state index in [1.54, 1.807) is 12.1 Å². The molecule has 0 spiro atoms. The van der Waals surface area contributed by atoms with E-state index in [0.717, 1.165) is 6.07 Å². The van der Waals surface area contributed by atoms with Crippen LogP contribution in [0.15, 0.2) is 59.4 Å². The van der Waals surface area contributed by atoms with Crippen LogP contribution in [0, 0.1) is 5.82 Å². The minimum absolute atomic E-state index is 0.103. The highest BCUT2D eigenvalue weighted by molar-refractivity contribution is 7.16. The number of fused-ring (bicyclic) bond motifs is 1. The number of nitrogens with one attached hydrogen (secondary N) is 1. The minimum Gasteiger partial charge on any atom is -0.456 e.